The summed E-state index contributed by atoms with van der Waals surface area (Å²) < 4.78 is 0. The van der Waals surface area contributed by atoms with Gasteiger partial charge in [-0.1, -0.05) is 0 Å². The Morgan fingerprint density at radius 2 is 2.05 bits per heavy atom. The average molecular weight is 295 g/mol. The van der Waals surface area contributed by atoms with Gasteiger partial charge in [0.2, 0.25) is 5.91 Å². The third-order valence-corrected chi connectivity index (χ3v) is 4.34. The quantitative estimate of drug-likeness (QED) is 0.799. The van der Waals surface area contributed by atoms with E-state index in [9.17, 15) is 14.4 Å². The first kappa shape index (κ1) is 15.8. The molecule has 2 fully saturated rings. The van der Waals surface area contributed by atoms with Crippen LogP contribution >= 0.6 is 0 Å². The van der Waals surface area contributed by atoms with Gasteiger partial charge in [0.05, 0.1) is 0 Å². The van der Waals surface area contributed by atoms with Gasteiger partial charge in [0, 0.05) is 25.6 Å². The monoisotopic (exact) mass is 295 g/mol. The van der Waals surface area contributed by atoms with Crippen LogP contribution in [0.4, 0.5) is 4.79 Å². The second-order valence-electron chi connectivity index (χ2n) is 6.55. The van der Waals surface area contributed by atoms with Crippen LogP contribution in [0.1, 0.15) is 52.9 Å². The summed E-state index contributed by atoms with van der Waals surface area (Å²) in [4.78, 5) is 39.1. The van der Waals surface area contributed by atoms with Crippen molar-refractivity contribution < 1.29 is 14.4 Å². The lowest BCUT2D eigenvalue weighted by Crippen LogP contribution is -2.42. The average Bonchev–Trinajstić information content (AvgIpc) is 2.60. The highest BCUT2D eigenvalue weighted by atomic mass is 16.2. The van der Waals surface area contributed by atoms with Gasteiger partial charge in [-0.2, -0.15) is 0 Å². The summed E-state index contributed by atoms with van der Waals surface area (Å²) in [5, 5.41) is 2.64. The maximum Gasteiger partial charge on any atom is 0.325 e. The Balaban J connectivity index is 1.80. The predicted octanol–water partition coefficient (Wildman–Crippen LogP) is 1.50. The van der Waals surface area contributed by atoms with Crippen LogP contribution < -0.4 is 5.32 Å². The molecule has 0 aliphatic carbocycles. The number of hydrogen-bond donors (Lipinski definition) is 1. The Morgan fingerprint density at radius 1 is 1.33 bits per heavy atom. The summed E-state index contributed by atoms with van der Waals surface area (Å²) in [6.45, 7) is 6.59. The third-order valence-electron chi connectivity index (χ3n) is 4.34. The predicted molar refractivity (Wildman–Crippen MR) is 78.6 cm³/mol. The molecular formula is C15H25N3O3. The van der Waals surface area contributed by atoms with E-state index in [-0.39, 0.29) is 17.8 Å². The highest BCUT2D eigenvalue weighted by molar-refractivity contribution is 6.06. The Kier molecular flexibility index (Phi) is 4.54. The second kappa shape index (κ2) is 6.03. The molecule has 0 spiro atoms. The van der Waals surface area contributed by atoms with E-state index >= 15 is 0 Å². The molecule has 0 bridgehead atoms. The van der Waals surface area contributed by atoms with E-state index in [1.807, 2.05) is 4.90 Å². The number of piperidine rings is 1. The largest absolute Gasteiger partial charge is 0.340 e. The molecule has 21 heavy (non-hydrogen) atoms. The zero-order chi connectivity index (χ0) is 15.6. The molecule has 0 radical (unpaired) electrons. The van der Waals surface area contributed by atoms with E-state index < -0.39 is 5.54 Å². The lowest BCUT2D eigenvalue weighted by atomic mass is 10.0. The summed E-state index contributed by atoms with van der Waals surface area (Å²) in [6.07, 6.45) is 4.23. The number of amides is 4. The minimum absolute atomic E-state index is 0.133. The fourth-order valence-corrected chi connectivity index (χ4v) is 3.02. The molecule has 0 aromatic carbocycles. The summed E-state index contributed by atoms with van der Waals surface area (Å²) >= 11 is 0. The van der Waals surface area contributed by atoms with Gasteiger partial charge in [-0.15, -0.1) is 0 Å². The molecule has 118 valence electrons. The zero-order valence-electron chi connectivity index (χ0n) is 13.1. The van der Waals surface area contributed by atoms with Gasteiger partial charge < -0.3 is 10.2 Å². The van der Waals surface area contributed by atoms with Gasteiger partial charge in [0.15, 0.2) is 0 Å². The summed E-state index contributed by atoms with van der Waals surface area (Å²) in [7, 11) is 0. The molecule has 6 nitrogen and oxygen atoms in total. The zero-order valence-corrected chi connectivity index (χ0v) is 13.1. The number of nitrogens with zero attached hydrogens (tertiary/aromatic N) is 2. The topological polar surface area (TPSA) is 69.7 Å². The smallest absolute Gasteiger partial charge is 0.325 e. The van der Waals surface area contributed by atoms with Crippen LogP contribution in [0.25, 0.3) is 0 Å². The van der Waals surface area contributed by atoms with Crippen LogP contribution in [-0.2, 0) is 9.59 Å². The van der Waals surface area contributed by atoms with E-state index in [1.165, 1.54) is 11.3 Å². The van der Waals surface area contributed by atoms with E-state index in [0.29, 0.717) is 25.4 Å². The molecule has 1 atom stereocenters. The fraction of sp³-hybridized carbons (Fsp3) is 0.800. The van der Waals surface area contributed by atoms with Crippen LogP contribution in [0.15, 0.2) is 0 Å². The van der Waals surface area contributed by atoms with Crippen LogP contribution in [-0.4, -0.2) is 52.3 Å². The summed E-state index contributed by atoms with van der Waals surface area (Å²) in [5.41, 5.74) is -0.831. The lowest BCUT2D eigenvalue weighted by molar-refractivity contribution is -0.135. The number of nitrogens with one attached hydrogen (secondary N) is 1. The van der Waals surface area contributed by atoms with Crippen molar-refractivity contribution in [3.63, 3.8) is 0 Å². The molecule has 6 heteroatoms. The van der Waals surface area contributed by atoms with Crippen molar-refractivity contribution in [1.29, 1.82) is 0 Å². The fourth-order valence-electron chi connectivity index (χ4n) is 3.02. The molecule has 2 aliphatic rings. The Morgan fingerprint density at radius 3 is 2.62 bits per heavy atom. The van der Waals surface area contributed by atoms with E-state index in [4.69, 9.17) is 0 Å². The molecular weight excluding hydrogens is 270 g/mol. The molecule has 2 aliphatic heterocycles. The van der Waals surface area contributed by atoms with Gasteiger partial charge in [-0.25, -0.2) is 4.79 Å². The van der Waals surface area contributed by atoms with Gasteiger partial charge in [-0.3, -0.25) is 14.5 Å². The van der Waals surface area contributed by atoms with E-state index in [2.05, 4.69) is 12.2 Å². The van der Waals surface area contributed by atoms with Gasteiger partial charge >= 0.3 is 6.03 Å². The van der Waals surface area contributed by atoms with Crippen LogP contribution in [0, 0.1) is 0 Å². The van der Waals surface area contributed by atoms with Crippen molar-refractivity contribution in [3.8, 4) is 0 Å². The number of hydrogen-bond acceptors (Lipinski definition) is 3. The van der Waals surface area contributed by atoms with Crippen molar-refractivity contribution in [2.45, 2.75) is 64.5 Å². The van der Waals surface area contributed by atoms with Crippen LogP contribution in [0.3, 0.4) is 0 Å². The van der Waals surface area contributed by atoms with Crippen molar-refractivity contribution >= 4 is 17.8 Å². The first-order valence-electron chi connectivity index (χ1n) is 7.76. The maximum absolute atomic E-state index is 12.2. The summed E-state index contributed by atoms with van der Waals surface area (Å²) in [6, 6.07) is -0.0503. The molecule has 0 saturated carbocycles. The Hall–Kier alpha value is -1.59. The number of likely N-dealkylation sites (tertiary alicyclic amines) is 1. The molecule has 2 rings (SSSR count). The van der Waals surface area contributed by atoms with Gasteiger partial charge in [0.1, 0.15) is 5.54 Å². The summed E-state index contributed by atoms with van der Waals surface area (Å²) in [5.74, 6) is -0.0835. The molecule has 2 saturated heterocycles. The lowest BCUT2D eigenvalue weighted by Gasteiger charge is -2.33. The molecule has 2 heterocycles. The normalized spacial score (nSPS) is 25.2. The van der Waals surface area contributed by atoms with Crippen molar-refractivity contribution in [2.24, 2.45) is 0 Å². The maximum atomic E-state index is 12.2. The first-order chi connectivity index (χ1) is 9.83. The van der Waals surface area contributed by atoms with Gasteiger partial charge in [-0.05, 0) is 46.5 Å². The number of urea groups is 1. The standard InChI is InChI=1S/C15H25N3O3/c1-11-7-4-5-9-17(11)12(19)8-6-10-18-13(20)15(2,3)16-14(18)21/h11H,4-10H2,1-3H3,(H,16,21). The SMILES string of the molecule is CC1CCCCN1C(=O)CCCN1C(=O)NC(C)(C)C1=O. The van der Waals surface area contributed by atoms with Gasteiger partial charge in [0.25, 0.3) is 5.91 Å². The number of imide groups is 1. The highest BCUT2D eigenvalue weighted by Gasteiger charge is 2.43. The molecule has 0 aromatic rings. The van der Waals surface area contributed by atoms with E-state index in [1.54, 1.807) is 13.8 Å². The Bertz CT molecular complexity index is 447. The van der Waals surface area contributed by atoms with Crippen molar-refractivity contribution in [3.05, 3.63) is 0 Å². The molecule has 1 unspecified atom stereocenters. The number of carbonyl (C=O) groups is 3. The van der Waals surface area contributed by atoms with E-state index in [0.717, 1.165) is 19.4 Å². The molecule has 1 N–H and O–H groups in total. The van der Waals surface area contributed by atoms with Crippen LogP contribution in [0.5, 0.6) is 0 Å². The first-order valence-corrected chi connectivity index (χ1v) is 7.76. The highest BCUT2D eigenvalue weighted by Crippen LogP contribution is 2.19. The number of carbonyl (C=O) groups excluding carboxylic acids is 3. The Labute approximate surface area is 125 Å². The van der Waals surface area contributed by atoms with Crippen molar-refractivity contribution in [2.75, 3.05) is 13.1 Å². The number of rotatable bonds is 4. The molecule has 0 aromatic heterocycles. The second-order valence-corrected chi connectivity index (χ2v) is 6.55. The third kappa shape index (κ3) is 3.36. The molecule has 4 amide bonds. The van der Waals surface area contributed by atoms with Crippen molar-refractivity contribution in [1.82, 2.24) is 15.1 Å². The minimum Gasteiger partial charge on any atom is -0.340 e. The minimum atomic E-state index is -0.831. The van der Waals surface area contributed by atoms with Crippen LogP contribution in [0.2, 0.25) is 0 Å².